The number of carbonyl (C=O) groups is 1. The van der Waals surface area contributed by atoms with Gasteiger partial charge in [0.15, 0.2) is 0 Å². The minimum Gasteiger partial charge on any atom is -0.399 e. The lowest BCUT2D eigenvalue weighted by Gasteiger charge is -2.47. The Kier molecular flexibility index (Phi) is 5.41. The zero-order chi connectivity index (χ0) is 17.2. The minimum absolute atomic E-state index is 0.0422. The van der Waals surface area contributed by atoms with Crippen LogP contribution in [0.4, 0.5) is 13.2 Å². The molecule has 12 heteroatoms. The molecule has 0 atom stereocenters. The van der Waals surface area contributed by atoms with Crippen LogP contribution in [0.15, 0.2) is 5.16 Å². The maximum atomic E-state index is 12.2. The first-order valence-corrected chi connectivity index (χ1v) is 7.84. The molecule has 8 nitrogen and oxygen atoms in total. The number of hydrogen-bond donors (Lipinski definition) is 2. The molecule has 2 heterocycles. The van der Waals surface area contributed by atoms with Crippen molar-refractivity contribution in [3.8, 4) is 0 Å². The van der Waals surface area contributed by atoms with Crippen molar-refractivity contribution in [1.82, 2.24) is 10.2 Å². The molecule has 0 unspecified atom stereocenters. The molecule has 0 radical (unpaired) electrons. The number of likely N-dealkylation sites (tertiary alicyclic amines) is 1. The zero-order valence-corrected chi connectivity index (χ0v) is 12.7. The molecule has 0 aromatic carbocycles. The summed E-state index contributed by atoms with van der Waals surface area (Å²) in [6, 6.07) is 0. The van der Waals surface area contributed by atoms with Crippen LogP contribution in [0.2, 0.25) is 0 Å². The Morgan fingerprint density at radius 3 is 2.36 bits per heavy atom. The number of alkyl halides is 3. The van der Waals surface area contributed by atoms with Gasteiger partial charge in [0.1, 0.15) is 7.11 Å². The van der Waals surface area contributed by atoms with Crippen LogP contribution in [-0.4, -0.2) is 75.2 Å². The predicted molar refractivity (Wildman–Crippen MR) is 69.9 cm³/mol. The van der Waals surface area contributed by atoms with Gasteiger partial charge in [0.2, 0.25) is 0 Å². The summed E-state index contributed by atoms with van der Waals surface area (Å²) in [5, 5.41) is 6.81. The van der Waals surface area contributed by atoms with Gasteiger partial charge in [0, 0.05) is 26.2 Å². The average Bonchev–Trinajstić information content (AvgIpc) is 2.66. The van der Waals surface area contributed by atoms with Gasteiger partial charge in [0.25, 0.3) is 10.1 Å². The van der Waals surface area contributed by atoms with Crippen LogP contribution < -0.4 is 5.32 Å². The van der Waals surface area contributed by atoms with Crippen LogP contribution >= 0.6 is 0 Å². The van der Waals surface area contributed by atoms with Gasteiger partial charge in [-0.2, -0.15) is 21.6 Å². The smallest absolute Gasteiger partial charge is 0.399 e. The lowest BCUT2D eigenvalue weighted by Crippen LogP contribution is -2.64. The van der Waals surface area contributed by atoms with Gasteiger partial charge in [-0.05, 0) is 0 Å². The van der Waals surface area contributed by atoms with Crippen molar-refractivity contribution in [2.24, 2.45) is 10.6 Å². The molecule has 22 heavy (non-hydrogen) atoms. The molecular weight excluding hydrogens is 331 g/mol. The van der Waals surface area contributed by atoms with Crippen molar-refractivity contribution in [2.75, 3.05) is 39.5 Å². The highest BCUT2D eigenvalue weighted by molar-refractivity contribution is 7.85. The number of hydrogen-bond acceptors (Lipinski definition) is 6. The summed E-state index contributed by atoms with van der Waals surface area (Å²) in [5.74, 6) is -1.79. The summed E-state index contributed by atoms with van der Waals surface area (Å²) in [4.78, 5) is 16.4. The second-order valence-corrected chi connectivity index (χ2v) is 6.46. The highest BCUT2D eigenvalue weighted by atomic mass is 32.2. The number of rotatable bonds is 1. The van der Waals surface area contributed by atoms with Crippen LogP contribution in [0.5, 0.6) is 0 Å². The molecular formula is C10H16F3N3O5S. The minimum atomic E-state index is -4.80. The summed E-state index contributed by atoms with van der Waals surface area (Å²) in [5.41, 5.74) is 0.197. The predicted octanol–water partition coefficient (Wildman–Crippen LogP) is -0.513. The number of carbonyl (C=O) groups excluding carboxylic acids is 1. The summed E-state index contributed by atoms with van der Waals surface area (Å²) >= 11 is 0. The first kappa shape index (κ1) is 18.6. The van der Waals surface area contributed by atoms with E-state index in [1.807, 2.05) is 0 Å². The topological polar surface area (TPSA) is 108 Å². The summed E-state index contributed by atoms with van der Waals surface area (Å²) in [6.45, 7) is 1.10. The number of amides is 1. The van der Waals surface area contributed by atoms with Gasteiger partial charge in [0.05, 0.1) is 17.4 Å². The molecule has 128 valence electrons. The Morgan fingerprint density at radius 1 is 1.45 bits per heavy atom. The highest BCUT2D eigenvalue weighted by Gasteiger charge is 2.56. The molecule has 0 bridgehead atoms. The molecule has 2 saturated heterocycles. The quantitative estimate of drug-likeness (QED) is 0.488. The van der Waals surface area contributed by atoms with E-state index in [1.165, 1.54) is 7.11 Å². The molecule has 1 amide bonds. The maximum absolute atomic E-state index is 12.2. The lowest BCUT2D eigenvalue weighted by molar-refractivity contribution is -0.193. The van der Waals surface area contributed by atoms with Gasteiger partial charge >= 0.3 is 12.1 Å². The fraction of sp³-hybridized carbons (Fsp3) is 0.800. The number of nitrogens with one attached hydrogen (secondary N) is 1. The van der Waals surface area contributed by atoms with Crippen LogP contribution in [0, 0.1) is 5.41 Å². The lowest BCUT2D eigenvalue weighted by atomic mass is 9.77. The van der Waals surface area contributed by atoms with Crippen LogP contribution in [0.3, 0.4) is 0 Å². The van der Waals surface area contributed by atoms with Gasteiger partial charge in [-0.3, -0.25) is 9.35 Å². The Bertz CT molecular complexity index is 547. The second-order valence-electron chi connectivity index (χ2n) is 5.00. The number of nitrogens with zero attached hydrogens (tertiary/aromatic N) is 2. The second kappa shape index (κ2) is 6.38. The van der Waals surface area contributed by atoms with Gasteiger partial charge < -0.3 is 15.1 Å². The third-order valence-corrected chi connectivity index (χ3v) is 3.09. The molecule has 0 saturated carbocycles. The van der Waals surface area contributed by atoms with E-state index < -0.39 is 27.6 Å². The number of oxime groups is 1. The SMILES string of the molecule is CO/N=C1\CNCC12CN(C(=O)C(F)(F)F)C2.CS(=O)(=O)O. The monoisotopic (exact) mass is 347 g/mol. The third-order valence-electron chi connectivity index (χ3n) is 3.09. The van der Waals surface area contributed by atoms with E-state index >= 15 is 0 Å². The maximum Gasteiger partial charge on any atom is 0.471 e. The zero-order valence-electron chi connectivity index (χ0n) is 11.8. The van der Waals surface area contributed by atoms with E-state index in [4.69, 9.17) is 4.55 Å². The Morgan fingerprint density at radius 2 is 1.95 bits per heavy atom. The normalized spacial score (nSPS) is 22.1. The molecule has 2 aliphatic heterocycles. The molecule has 2 rings (SSSR count). The van der Waals surface area contributed by atoms with Crippen molar-refractivity contribution < 1.29 is 35.8 Å². The summed E-state index contributed by atoms with van der Waals surface area (Å²) in [7, 11) is -2.28. The fourth-order valence-corrected chi connectivity index (χ4v) is 2.25. The first-order chi connectivity index (χ1) is 9.89. The van der Waals surface area contributed by atoms with Gasteiger partial charge in [-0.1, -0.05) is 5.16 Å². The van der Waals surface area contributed by atoms with E-state index in [1.54, 1.807) is 0 Å². The third kappa shape index (κ3) is 4.81. The summed E-state index contributed by atoms with van der Waals surface area (Å²) in [6.07, 6.45) is -4.08. The van der Waals surface area contributed by atoms with Crippen LogP contribution in [0.25, 0.3) is 0 Å². The molecule has 2 fully saturated rings. The molecule has 2 aliphatic rings. The molecule has 0 aromatic heterocycles. The van der Waals surface area contributed by atoms with Gasteiger partial charge in [-0.15, -0.1) is 0 Å². The van der Waals surface area contributed by atoms with Gasteiger partial charge in [-0.25, -0.2) is 0 Å². The number of halogens is 3. The first-order valence-electron chi connectivity index (χ1n) is 5.99. The largest absolute Gasteiger partial charge is 0.471 e. The van der Waals surface area contributed by atoms with Crippen molar-refractivity contribution in [3.05, 3.63) is 0 Å². The fourth-order valence-electron chi connectivity index (χ4n) is 2.25. The molecule has 0 aromatic rings. The molecule has 0 aliphatic carbocycles. The van der Waals surface area contributed by atoms with Crippen molar-refractivity contribution in [3.63, 3.8) is 0 Å². The van der Waals surface area contributed by atoms with Crippen molar-refractivity contribution in [1.29, 1.82) is 0 Å². The standard InChI is InChI=1S/C9H12F3N3O2.CH4O3S/c1-17-14-6-2-13-3-8(6)4-15(5-8)7(16)9(10,11)12;1-5(2,3)4/h13H,2-5H2,1H3;1H3,(H,2,3,4)/b14-6+;. The summed E-state index contributed by atoms with van der Waals surface area (Å²) < 4.78 is 62.4. The van der Waals surface area contributed by atoms with E-state index in [9.17, 15) is 26.4 Å². The van der Waals surface area contributed by atoms with Crippen molar-refractivity contribution >= 4 is 21.7 Å². The Balaban J connectivity index is 0.000000422. The Labute approximate surface area is 125 Å². The van der Waals surface area contributed by atoms with E-state index in [-0.39, 0.29) is 13.1 Å². The highest BCUT2D eigenvalue weighted by Crippen LogP contribution is 2.36. The van der Waals surface area contributed by atoms with E-state index in [0.29, 0.717) is 25.1 Å². The van der Waals surface area contributed by atoms with Crippen molar-refractivity contribution in [2.45, 2.75) is 6.18 Å². The Hall–Kier alpha value is -1.40. The molecule has 2 N–H and O–H groups in total. The van der Waals surface area contributed by atoms with E-state index in [2.05, 4.69) is 15.3 Å². The van der Waals surface area contributed by atoms with Crippen LogP contribution in [0.1, 0.15) is 0 Å². The van der Waals surface area contributed by atoms with E-state index in [0.717, 1.165) is 4.90 Å². The van der Waals surface area contributed by atoms with Crippen LogP contribution in [-0.2, 0) is 19.8 Å². The molecule has 1 spiro atoms. The average molecular weight is 347 g/mol.